The molecule has 4 heteroatoms. The minimum Gasteiger partial charge on any atom is -0.354 e. The molecule has 2 aromatic rings. The van der Waals surface area contributed by atoms with E-state index in [0.29, 0.717) is 6.54 Å². The molecule has 0 bridgehead atoms. The molecule has 20 heavy (non-hydrogen) atoms. The Morgan fingerprint density at radius 2 is 1.90 bits per heavy atom. The maximum absolute atomic E-state index is 13.6. The fraction of sp³-hybridized carbons (Fsp3) is 0.375. The summed E-state index contributed by atoms with van der Waals surface area (Å²) in [5.41, 5.74) is 1.21. The van der Waals surface area contributed by atoms with Crippen molar-refractivity contribution in [3.63, 3.8) is 0 Å². The van der Waals surface area contributed by atoms with Gasteiger partial charge in [-0.2, -0.15) is 0 Å². The number of aryl methyl sites for hydroxylation is 1. The van der Waals surface area contributed by atoms with Crippen LogP contribution in [0.15, 0.2) is 36.7 Å². The number of nitrogens with one attached hydrogen (secondary N) is 1. The molecule has 0 saturated heterocycles. The average Bonchev–Trinajstić information content (AvgIpc) is 2.84. The zero-order chi connectivity index (χ0) is 14.5. The van der Waals surface area contributed by atoms with Crippen LogP contribution in [0.4, 0.5) is 8.78 Å². The Morgan fingerprint density at radius 3 is 2.55 bits per heavy atom. The Labute approximate surface area is 118 Å². The van der Waals surface area contributed by atoms with Gasteiger partial charge < -0.3 is 9.88 Å². The van der Waals surface area contributed by atoms with Crippen molar-refractivity contribution >= 4 is 0 Å². The molecule has 0 spiro atoms. The van der Waals surface area contributed by atoms with E-state index >= 15 is 0 Å². The van der Waals surface area contributed by atoms with E-state index in [1.807, 2.05) is 12.3 Å². The highest BCUT2D eigenvalue weighted by molar-refractivity contribution is 5.23. The zero-order valence-corrected chi connectivity index (χ0v) is 11.9. The summed E-state index contributed by atoms with van der Waals surface area (Å²) in [5, 5.41) is 3.16. The lowest BCUT2D eigenvalue weighted by Crippen LogP contribution is -2.20. The van der Waals surface area contributed by atoms with Crippen LogP contribution in [0.2, 0.25) is 0 Å². The lowest BCUT2D eigenvalue weighted by molar-refractivity contribution is 0.487. The number of nitrogens with zero attached hydrogens (tertiary/aromatic N) is 1. The summed E-state index contributed by atoms with van der Waals surface area (Å²) in [7, 11) is 0. The average molecular weight is 278 g/mol. The Kier molecular flexibility index (Phi) is 4.90. The van der Waals surface area contributed by atoms with Crippen molar-refractivity contribution in [3.05, 3.63) is 59.4 Å². The van der Waals surface area contributed by atoms with Crippen molar-refractivity contribution in [2.45, 2.75) is 39.4 Å². The Balaban J connectivity index is 1.99. The van der Waals surface area contributed by atoms with E-state index in [-0.39, 0.29) is 11.6 Å². The van der Waals surface area contributed by atoms with Crippen LogP contribution >= 0.6 is 0 Å². The van der Waals surface area contributed by atoms with Gasteiger partial charge >= 0.3 is 0 Å². The summed E-state index contributed by atoms with van der Waals surface area (Å²) in [6.45, 7) is 5.47. The third-order valence-electron chi connectivity index (χ3n) is 3.34. The van der Waals surface area contributed by atoms with Crippen LogP contribution in [0.3, 0.4) is 0 Å². The zero-order valence-electron chi connectivity index (χ0n) is 11.9. The standard InChI is InChI=1S/C16H20F2N2/c1-3-8-20-9-7-13(11-20)10-19-12(2)16-14(17)5-4-6-15(16)18/h4-7,9,11-12,19H,3,8,10H2,1-2H3. The molecule has 0 radical (unpaired) electrons. The van der Waals surface area contributed by atoms with Gasteiger partial charge in [0.1, 0.15) is 11.6 Å². The highest BCUT2D eigenvalue weighted by Gasteiger charge is 2.15. The van der Waals surface area contributed by atoms with E-state index in [1.54, 1.807) is 6.92 Å². The van der Waals surface area contributed by atoms with Crippen LogP contribution in [0.1, 0.15) is 37.4 Å². The number of hydrogen-bond donors (Lipinski definition) is 1. The molecule has 2 nitrogen and oxygen atoms in total. The maximum atomic E-state index is 13.6. The lowest BCUT2D eigenvalue weighted by atomic mass is 10.1. The molecule has 0 aliphatic rings. The van der Waals surface area contributed by atoms with E-state index in [1.165, 1.54) is 18.2 Å². The third kappa shape index (κ3) is 3.45. The molecule has 1 aromatic heterocycles. The van der Waals surface area contributed by atoms with Crippen LogP contribution in [-0.2, 0) is 13.1 Å². The van der Waals surface area contributed by atoms with E-state index in [2.05, 4.69) is 23.0 Å². The highest BCUT2D eigenvalue weighted by atomic mass is 19.1. The summed E-state index contributed by atoms with van der Waals surface area (Å²) in [6.07, 6.45) is 5.16. The summed E-state index contributed by atoms with van der Waals surface area (Å²) in [5.74, 6) is -1.01. The maximum Gasteiger partial charge on any atom is 0.130 e. The predicted octanol–water partition coefficient (Wildman–Crippen LogP) is 4.03. The van der Waals surface area contributed by atoms with Gasteiger partial charge in [-0.3, -0.25) is 0 Å². The lowest BCUT2D eigenvalue weighted by Gasteiger charge is -2.15. The fourth-order valence-corrected chi connectivity index (χ4v) is 2.29. The molecule has 1 atom stereocenters. The normalized spacial score (nSPS) is 12.6. The fourth-order valence-electron chi connectivity index (χ4n) is 2.29. The third-order valence-corrected chi connectivity index (χ3v) is 3.34. The van der Waals surface area contributed by atoms with Gasteiger partial charge in [0.25, 0.3) is 0 Å². The summed E-state index contributed by atoms with van der Waals surface area (Å²) in [6, 6.07) is 5.60. The first-order valence-corrected chi connectivity index (χ1v) is 6.93. The van der Waals surface area contributed by atoms with Gasteiger partial charge in [0.2, 0.25) is 0 Å². The van der Waals surface area contributed by atoms with Crippen molar-refractivity contribution in [3.8, 4) is 0 Å². The van der Waals surface area contributed by atoms with Gasteiger partial charge in [0.05, 0.1) is 0 Å². The van der Waals surface area contributed by atoms with Gasteiger partial charge in [0, 0.05) is 37.1 Å². The monoisotopic (exact) mass is 278 g/mol. The van der Waals surface area contributed by atoms with Gasteiger partial charge in [-0.25, -0.2) is 8.78 Å². The molecule has 1 aromatic carbocycles. The van der Waals surface area contributed by atoms with E-state index in [0.717, 1.165) is 18.5 Å². The number of halogens is 2. The summed E-state index contributed by atoms with van der Waals surface area (Å²) >= 11 is 0. The van der Waals surface area contributed by atoms with E-state index in [4.69, 9.17) is 0 Å². The smallest absolute Gasteiger partial charge is 0.130 e. The van der Waals surface area contributed by atoms with Crippen molar-refractivity contribution < 1.29 is 8.78 Å². The first kappa shape index (κ1) is 14.7. The Morgan fingerprint density at radius 1 is 1.20 bits per heavy atom. The van der Waals surface area contributed by atoms with Gasteiger partial charge in [-0.05, 0) is 37.1 Å². The van der Waals surface area contributed by atoms with Crippen LogP contribution in [0.5, 0.6) is 0 Å². The van der Waals surface area contributed by atoms with Crippen LogP contribution in [0, 0.1) is 11.6 Å². The molecule has 1 heterocycles. The van der Waals surface area contributed by atoms with Crippen LogP contribution < -0.4 is 5.32 Å². The van der Waals surface area contributed by atoms with E-state index in [9.17, 15) is 8.78 Å². The number of hydrogen-bond acceptors (Lipinski definition) is 1. The van der Waals surface area contributed by atoms with Crippen molar-refractivity contribution in [2.75, 3.05) is 0 Å². The van der Waals surface area contributed by atoms with Crippen molar-refractivity contribution in [1.29, 1.82) is 0 Å². The van der Waals surface area contributed by atoms with Crippen molar-refractivity contribution in [1.82, 2.24) is 9.88 Å². The van der Waals surface area contributed by atoms with Gasteiger partial charge in [-0.1, -0.05) is 13.0 Å². The predicted molar refractivity (Wildman–Crippen MR) is 76.3 cm³/mol. The summed E-state index contributed by atoms with van der Waals surface area (Å²) < 4.78 is 29.4. The van der Waals surface area contributed by atoms with Crippen LogP contribution in [0.25, 0.3) is 0 Å². The van der Waals surface area contributed by atoms with Gasteiger partial charge in [0.15, 0.2) is 0 Å². The molecule has 0 aliphatic heterocycles. The number of benzene rings is 1. The van der Waals surface area contributed by atoms with E-state index < -0.39 is 11.6 Å². The number of aromatic nitrogens is 1. The summed E-state index contributed by atoms with van der Waals surface area (Å²) in [4.78, 5) is 0. The molecule has 2 rings (SSSR count). The minimum absolute atomic E-state index is 0.0977. The molecule has 108 valence electrons. The quantitative estimate of drug-likeness (QED) is 0.844. The highest BCUT2D eigenvalue weighted by Crippen LogP contribution is 2.20. The van der Waals surface area contributed by atoms with Crippen molar-refractivity contribution in [2.24, 2.45) is 0 Å². The SMILES string of the molecule is CCCn1ccc(CNC(C)c2c(F)cccc2F)c1. The minimum atomic E-state index is -0.506. The molecule has 0 saturated carbocycles. The van der Waals surface area contributed by atoms with Gasteiger partial charge in [-0.15, -0.1) is 0 Å². The van der Waals surface area contributed by atoms with Crippen LogP contribution in [-0.4, -0.2) is 4.57 Å². The second kappa shape index (κ2) is 6.66. The molecular weight excluding hydrogens is 258 g/mol. The molecular formula is C16H20F2N2. The topological polar surface area (TPSA) is 17.0 Å². The first-order chi connectivity index (χ1) is 9.61. The second-order valence-corrected chi connectivity index (χ2v) is 5.00. The molecule has 1 N–H and O–H groups in total. The molecule has 0 amide bonds. The Bertz CT molecular complexity index is 543. The Hall–Kier alpha value is -1.68. The molecule has 0 fully saturated rings. The second-order valence-electron chi connectivity index (χ2n) is 5.00. The largest absolute Gasteiger partial charge is 0.354 e. The first-order valence-electron chi connectivity index (χ1n) is 6.93. The molecule has 1 unspecified atom stereocenters. The number of rotatable bonds is 6. The molecule has 0 aliphatic carbocycles.